The summed E-state index contributed by atoms with van der Waals surface area (Å²) in [6, 6.07) is 13.5. The third kappa shape index (κ3) is 3.98. The molecule has 134 valence electrons. The van der Waals surface area contributed by atoms with E-state index in [2.05, 4.69) is 5.32 Å². The van der Waals surface area contributed by atoms with Crippen molar-refractivity contribution in [1.82, 2.24) is 4.31 Å². The Morgan fingerprint density at radius 3 is 2.56 bits per heavy atom. The van der Waals surface area contributed by atoms with Crippen LogP contribution in [0.3, 0.4) is 0 Å². The maximum atomic E-state index is 12.8. The Balaban J connectivity index is 1.79. The monoisotopic (exact) mass is 399 g/mol. The zero-order chi connectivity index (χ0) is 18.1. The van der Waals surface area contributed by atoms with Gasteiger partial charge in [0.05, 0.1) is 17.3 Å². The smallest absolute Gasteiger partial charge is 0.246 e. The van der Waals surface area contributed by atoms with E-state index in [9.17, 15) is 16.8 Å². The number of nitrogens with two attached hydrogens (primary N) is 1. The summed E-state index contributed by atoms with van der Waals surface area (Å²) in [5.41, 5.74) is 0.374. The molecule has 1 heterocycles. The highest BCUT2D eigenvalue weighted by Crippen LogP contribution is 2.31. The number of primary sulfonamides is 1. The van der Waals surface area contributed by atoms with E-state index in [4.69, 9.17) is 5.14 Å². The van der Waals surface area contributed by atoms with Crippen molar-refractivity contribution in [1.29, 1.82) is 0 Å². The Morgan fingerprint density at radius 2 is 1.88 bits per heavy atom. The largest absolute Gasteiger partial charge is 0.370 e. The summed E-state index contributed by atoms with van der Waals surface area (Å²) in [5.74, 6) is 0.579. The molecule has 0 atom stereocenters. The lowest BCUT2D eigenvalue weighted by atomic mass is 10.3. The SMILES string of the molecule is NS(=O)(=O)c1ccc2c(c1)S(=O)(=O)N(CCSc1ccccc1)CN2. The predicted octanol–water partition coefficient (Wildman–Crippen LogP) is 1.50. The Labute approximate surface area is 151 Å². The Bertz CT molecular complexity index is 976. The van der Waals surface area contributed by atoms with Crippen LogP contribution in [0, 0.1) is 0 Å². The third-order valence-corrected chi connectivity index (χ3v) is 7.49. The molecule has 3 N–H and O–H groups in total. The van der Waals surface area contributed by atoms with Gasteiger partial charge in [-0.2, -0.15) is 4.31 Å². The van der Waals surface area contributed by atoms with Crippen molar-refractivity contribution < 1.29 is 16.8 Å². The van der Waals surface area contributed by atoms with Crippen molar-refractivity contribution >= 4 is 37.5 Å². The molecule has 1 aliphatic rings. The summed E-state index contributed by atoms with van der Waals surface area (Å²) in [6.07, 6.45) is 0. The normalized spacial score (nSPS) is 16.8. The van der Waals surface area contributed by atoms with Gasteiger partial charge in [-0.25, -0.2) is 22.0 Å². The van der Waals surface area contributed by atoms with E-state index in [1.165, 1.54) is 16.4 Å². The minimum atomic E-state index is -3.97. The topological polar surface area (TPSA) is 110 Å². The number of nitrogens with zero attached hydrogens (tertiary/aromatic N) is 1. The second kappa shape index (κ2) is 6.96. The van der Waals surface area contributed by atoms with Crippen LogP contribution in [0.15, 0.2) is 63.2 Å². The van der Waals surface area contributed by atoms with Gasteiger partial charge in [0.15, 0.2) is 0 Å². The summed E-state index contributed by atoms with van der Waals surface area (Å²) in [4.78, 5) is 0.758. The van der Waals surface area contributed by atoms with Gasteiger partial charge in [-0.15, -0.1) is 11.8 Å². The fourth-order valence-electron chi connectivity index (χ4n) is 2.42. The first-order valence-electron chi connectivity index (χ1n) is 7.37. The van der Waals surface area contributed by atoms with E-state index in [0.717, 1.165) is 11.0 Å². The van der Waals surface area contributed by atoms with Crippen LogP contribution in [0.2, 0.25) is 0 Å². The van der Waals surface area contributed by atoms with Crippen molar-refractivity contribution in [3.63, 3.8) is 0 Å². The molecule has 0 spiro atoms. The summed E-state index contributed by atoms with van der Waals surface area (Å²) in [6.45, 7) is 0.438. The first kappa shape index (κ1) is 18.2. The molecule has 7 nitrogen and oxygen atoms in total. The first-order valence-corrected chi connectivity index (χ1v) is 11.3. The maximum Gasteiger partial charge on any atom is 0.246 e. The number of nitrogens with one attached hydrogen (secondary N) is 1. The van der Waals surface area contributed by atoms with Gasteiger partial charge in [-0.1, -0.05) is 18.2 Å². The maximum absolute atomic E-state index is 12.8. The predicted molar refractivity (Wildman–Crippen MR) is 97.4 cm³/mol. The molecule has 3 rings (SSSR count). The molecule has 2 aromatic carbocycles. The number of benzene rings is 2. The van der Waals surface area contributed by atoms with Crippen molar-refractivity contribution in [3.8, 4) is 0 Å². The molecule has 0 fully saturated rings. The molecule has 0 aliphatic carbocycles. The molecule has 25 heavy (non-hydrogen) atoms. The number of hydrogen-bond acceptors (Lipinski definition) is 6. The standard InChI is InChI=1S/C15H17N3O4S3/c16-24(19,20)13-6-7-14-15(10-13)25(21,22)18(11-17-14)8-9-23-12-4-2-1-3-5-12/h1-7,10,17H,8-9,11H2,(H2,16,19,20). The zero-order valence-electron chi connectivity index (χ0n) is 13.1. The van der Waals surface area contributed by atoms with Gasteiger partial charge in [0.2, 0.25) is 20.0 Å². The zero-order valence-corrected chi connectivity index (χ0v) is 15.6. The van der Waals surface area contributed by atoms with Crippen LogP contribution in [0.1, 0.15) is 0 Å². The molecule has 2 aromatic rings. The number of fused-ring (bicyclic) bond motifs is 1. The van der Waals surface area contributed by atoms with E-state index in [-0.39, 0.29) is 16.5 Å². The van der Waals surface area contributed by atoms with Crippen LogP contribution in [0.25, 0.3) is 0 Å². The van der Waals surface area contributed by atoms with Crippen LogP contribution in [-0.4, -0.2) is 40.1 Å². The van der Waals surface area contributed by atoms with Gasteiger partial charge >= 0.3 is 0 Å². The van der Waals surface area contributed by atoms with Gasteiger partial charge in [0.1, 0.15) is 4.90 Å². The quantitative estimate of drug-likeness (QED) is 0.738. The minimum absolute atomic E-state index is 0.0741. The van der Waals surface area contributed by atoms with E-state index >= 15 is 0 Å². The van der Waals surface area contributed by atoms with E-state index in [1.807, 2.05) is 30.3 Å². The second-order valence-electron chi connectivity index (χ2n) is 5.38. The number of hydrogen-bond donors (Lipinski definition) is 2. The highest BCUT2D eigenvalue weighted by Gasteiger charge is 2.32. The lowest BCUT2D eigenvalue weighted by molar-refractivity contribution is 0.444. The van der Waals surface area contributed by atoms with Crippen LogP contribution in [0.4, 0.5) is 5.69 Å². The lowest BCUT2D eigenvalue weighted by Crippen LogP contribution is -2.41. The lowest BCUT2D eigenvalue weighted by Gasteiger charge is -2.29. The summed E-state index contributed by atoms with van der Waals surface area (Å²) in [7, 11) is -7.75. The van der Waals surface area contributed by atoms with Crippen molar-refractivity contribution in [2.45, 2.75) is 14.7 Å². The van der Waals surface area contributed by atoms with Crippen LogP contribution >= 0.6 is 11.8 Å². The first-order chi connectivity index (χ1) is 11.8. The fraction of sp³-hybridized carbons (Fsp3) is 0.200. The highest BCUT2D eigenvalue weighted by molar-refractivity contribution is 7.99. The third-order valence-electron chi connectivity index (χ3n) is 3.70. The van der Waals surface area contributed by atoms with Crippen LogP contribution in [0.5, 0.6) is 0 Å². The summed E-state index contributed by atoms with van der Waals surface area (Å²) < 4.78 is 49.8. The van der Waals surface area contributed by atoms with Gasteiger partial charge in [0.25, 0.3) is 0 Å². The molecule has 1 aliphatic heterocycles. The highest BCUT2D eigenvalue weighted by atomic mass is 32.2. The van der Waals surface area contributed by atoms with E-state index < -0.39 is 20.0 Å². The Morgan fingerprint density at radius 1 is 1.16 bits per heavy atom. The van der Waals surface area contributed by atoms with Crippen molar-refractivity contribution in [2.24, 2.45) is 5.14 Å². The summed E-state index contributed by atoms with van der Waals surface area (Å²) >= 11 is 1.55. The Kier molecular flexibility index (Phi) is 5.07. The number of sulfonamides is 2. The molecular weight excluding hydrogens is 382 g/mol. The average molecular weight is 400 g/mol. The van der Waals surface area contributed by atoms with E-state index in [1.54, 1.807) is 11.8 Å². The molecular formula is C15H17N3O4S3. The van der Waals surface area contributed by atoms with Gasteiger partial charge < -0.3 is 5.32 Å². The Hall–Kier alpha value is -1.59. The summed E-state index contributed by atoms with van der Waals surface area (Å²) in [5, 5.41) is 8.10. The van der Waals surface area contributed by atoms with Crippen molar-refractivity contribution in [3.05, 3.63) is 48.5 Å². The molecule has 0 saturated heterocycles. The van der Waals surface area contributed by atoms with Crippen molar-refractivity contribution in [2.75, 3.05) is 24.3 Å². The fourth-order valence-corrected chi connectivity index (χ4v) is 5.58. The van der Waals surface area contributed by atoms with Gasteiger partial charge in [0, 0.05) is 17.2 Å². The minimum Gasteiger partial charge on any atom is -0.370 e. The van der Waals surface area contributed by atoms with Crippen LogP contribution in [-0.2, 0) is 20.0 Å². The molecule has 0 bridgehead atoms. The average Bonchev–Trinajstić information content (AvgIpc) is 2.57. The second-order valence-corrected chi connectivity index (χ2v) is 10.0. The van der Waals surface area contributed by atoms with Gasteiger partial charge in [-0.05, 0) is 30.3 Å². The molecule has 0 amide bonds. The van der Waals surface area contributed by atoms with E-state index in [0.29, 0.717) is 18.0 Å². The number of anilines is 1. The van der Waals surface area contributed by atoms with Crippen LogP contribution < -0.4 is 10.5 Å². The molecule has 0 radical (unpaired) electrons. The van der Waals surface area contributed by atoms with Gasteiger partial charge in [-0.3, -0.25) is 0 Å². The molecule has 0 saturated carbocycles. The number of thioether (sulfide) groups is 1. The molecule has 10 heteroatoms. The number of rotatable bonds is 5. The molecule has 0 aromatic heterocycles. The molecule has 0 unspecified atom stereocenters.